The molecule has 2 aromatic rings. The minimum absolute atomic E-state index is 0.202. The summed E-state index contributed by atoms with van der Waals surface area (Å²) in [5, 5.41) is 7.17. The highest BCUT2D eigenvalue weighted by Gasteiger charge is 2.26. The molecule has 0 spiro atoms. The Balaban J connectivity index is 1.76. The van der Waals surface area contributed by atoms with Crippen molar-refractivity contribution in [1.29, 1.82) is 0 Å². The molecule has 0 bridgehead atoms. The molecule has 9 heteroatoms. The molecule has 3 rings (SSSR count). The Kier molecular flexibility index (Phi) is 5.64. The summed E-state index contributed by atoms with van der Waals surface area (Å²) in [5.74, 6) is -0.256. The van der Waals surface area contributed by atoms with Crippen LogP contribution < -0.4 is 5.32 Å². The van der Waals surface area contributed by atoms with Crippen LogP contribution >= 0.6 is 0 Å². The van der Waals surface area contributed by atoms with Gasteiger partial charge in [0.2, 0.25) is 10.0 Å². The van der Waals surface area contributed by atoms with Crippen LogP contribution in [0.4, 0.5) is 5.69 Å². The molecule has 1 aromatic carbocycles. The van der Waals surface area contributed by atoms with Gasteiger partial charge in [0, 0.05) is 31.0 Å². The lowest BCUT2D eigenvalue weighted by Gasteiger charge is -2.26. The van der Waals surface area contributed by atoms with E-state index in [0.29, 0.717) is 49.8 Å². The van der Waals surface area contributed by atoms with Crippen molar-refractivity contribution in [3.05, 3.63) is 41.2 Å². The molecule has 0 saturated carbocycles. The molecule has 1 amide bonds. The first-order valence-corrected chi connectivity index (χ1v) is 10.3. The predicted molar refractivity (Wildman–Crippen MR) is 101 cm³/mol. The third-order valence-corrected chi connectivity index (χ3v) is 6.54. The lowest BCUT2D eigenvalue weighted by Crippen LogP contribution is -2.40. The number of rotatable bonds is 5. The van der Waals surface area contributed by atoms with Gasteiger partial charge in [-0.1, -0.05) is 0 Å². The fourth-order valence-corrected chi connectivity index (χ4v) is 4.58. The summed E-state index contributed by atoms with van der Waals surface area (Å²) in [5.41, 5.74) is 2.54. The zero-order valence-electron chi connectivity index (χ0n) is 15.7. The first kappa shape index (κ1) is 19.5. The van der Waals surface area contributed by atoms with Gasteiger partial charge >= 0.3 is 0 Å². The normalized spacial score (nSPS) is 15.7. The van der Waals surface area contributed by atoms with Gasteiger partial charge in [-0.05, 0) is 45.0 Å². The Morgan fingerprint density at radius 3 is 2.37 bits per heavy atom. The van der Waals surface area contributed by atoms with Crippen LogP contribution in [0.5, 0.6) is 0 Å². The molecule has 1 aromatic heterocycles. The van der Waals surface area contributed by atoms with Crippen molar-refractivity contribution in [3.63, 3.8) is 0 Å². The Hall–Kier alpha value is -2.23. The van der Waals surface area contributed by atoms with Gasteiger partial charge in [0.1, 0.15) is 0 Å². The van der Waals surface area contributed by atoms with Gasteiger partial charge in [-0.15, -0.1) is 0 Å². The highest BCUT2D eigenvalue weighted by atomic mass is 32.2. The fourth-order valence-electron chi connectivity index (χ4n) is 3.17. The average Bonchev–Trinajstić information content (AvgIpc) is 2.96. The standard InChI is InChI=1S/C18H24N4O4S/c1-4-22-14(3)17(13(2)20-22)18(23)19-15-5-7-16(8-6-15)27(24,25)21-9-11-26-12-10-21/h5-8H,4,9-12H2,1-3H3,(H,19,23). The summed E-state index contributed by atoms with van der Waals surface area (Å²) >= 11 is 0. The van der Waals surface area contributed by atoms with E-state index in [1.807, 2.05) is 13.8 Å². The second-order valence-corrected chi connectivity index (χ2v) is 8.29. The number of hydrogen-bond acceptors (Lipinski definition) is 5. The minimum Gasteiger partial charge on any atom is -0.379 e. The van der Waals surface area contributed by atoms with E-state index in [1.165, 1.54) is 16.4 Å². The molecular weight excluding hydrogens is 368 g/mol. The van der Waals surface area contributed by atoms with Gasteiger partial charge in [-0.25, -0.2) is 8.42 Å². The number of nitrogens with zero attached hydrogens (tertiary/aromatic N) is 3. The number of sulfonamides is 1. The second-order valence-electron chi connectivity index (χ2n) is 6.36. The number of nitrogens with one attached hydrogen (secondary N) is 1. The van der Waals surface area contributed by atoms with Crippen molar-refractivity contribution in [1.82, 2.24) is 14.1 Å². The highest BCUT2D eigenvalue weighted by molar-refractivity contribution is 7.89. The minimum atomic E-state index is -3.55. The van der Waals surface area contributed by atoms with Crippen molar-refractivity contribution in [2.45, 2.75) is 32.2 Å². The summed E-state index contributed by atoms with van der Waals surface area (Å²) in [6.45, 7) is 7.81. The number of ether oxygens (including phenoxy) is 1. The zero-order chi connectivity index (χ0) is 19.6. The maximum Gasteiger partial charge on any atom is 0.259 e. The zero-order valence-corrected chi connectivity index (χ0v) is 16.5. The molecule has 0 unspecified atom stereocenters. The summed E-state index contributed by atoms with van der Waals surface area (Å²) in [6, 6.07) is 6.21. The molecule has 0 atom stereocenters. The molecule has 0 radical (unpaired) electrons. The molecule has 1 fully saturated rings. The van der Waals surface area contributed by atoms with Crippen LogP contribution in [0, 0.1) is 13.8 Å². The molecule has 8 nitrogen and oxygen atoms in total. The molecule has 146 valence electrons. The first-order valence-electron chi connectivity index (χ1n) is 8.88. The molecule has 27 heavy (non-hydrogen) atoms. The van der Waals surface area contributed by atoms with E-state index in [1.54, 1.807) is 23.7 Å². The topological polar surface area (TPSA) is 93.5 Å². The first-order chi connectivity index (χ1) is 12.8. The number of carbonyl (C=O) groups is 1. The van der Waals surface area contributed by atoms with Crippen LogP contribution in [0.3, 0.4) is 0 Å². The second kappa shape index (κ2) is 7.79. The van der Waals surface area contributed by atoms with Gasteiger partial charge in [0.25, 0.3) is 5.91 Å². The monoisotopic (exact) mass is 392 g/mol. The average molecular weight is 392 g/mol. The van der Waals surface area contributed by atoms with Gasteiger partial charge in [0.05, 0.1) is 29.4 Å². The summed E-state index contributed by atoms with van der Waals surface area (Å²) in [6.07, 6.45) is 0. The lowest BCUT2D eigenvalue weighted by atomic mass is 10.2. The van der Waals surface area contributed by atoms with Crippen molar-refractivity contribution < 1.29 is 17.9 Å². The quantitative estimate of drug-likeness (QED) is 0.837. The van der Waals surface area contributed by atoms with Crippen molar-refractivity contribution in [2.75, 3.05) is 31.6 Å². The highest BCUT2D eigenvalue weighted by Crippen LogP contribution is 2.21. The number of morpholine rings is 1. The number of carbonyl (C=O) groups excluding carboxylic acids is 1. The van der Waals surface area contributed by atoms with E-state index in [0.717, 1.165) is 5.69 Å². The van der Waals surface area contributed by atoms with Gasteiger partial charge in [0.15, 0.2) is 0 Å². The van der Waals surface area contributed by atoms with Gasteiger partial charge in [-0.2, -0.15) is 9.40 Å². The van der Waals surface area contributed by atoms with E-state index >= 15 is 0 Å². The fraction of sp³-hybridized carbons (Fsp3) is 0.444. The molecule has 1 aliphatic rings. The van der Waals surface area contributed by atoms with E-state index in [-0.39, 0.29) is 10.8 Å². The van der Waals surface area contributed by atoms with Crippen molar-refractivity contribution >= 4 is 21.6 Å². The Bertz CT molecular complexity index is 929. The number of aromatic nitrogens is 2. The largest absolute Gasteiger partial charge is 0.379 e. The number of benzene rings is 1. The maximum absolute atomic E-state index is 12.6. The Labute approximate surface area is 159 Å². The van der Waals surface area contributed by atoms with E-state index in [4.69, 9.17) is 4.74 Å². The number of amides is 1. The van der Waals surface area contributed by atoms with E-state index in [2.05, 4.69) is 10.4 Å². The molecule has 2 heterocycles. The number of hydrogen-bond donors (Lipinski definition) is 1. The molecule has 1 N–H and O–H groups in total. The smallest absolute Gasteiger partial charge is 0.259 e. The molecular formula is C18H24N4O4S. The van der Waals surface area contributed by atoms with Crippen LogP contribution in [-0.2, 0) is 21.3 Å². The van der Waals surface area contributed by atoms with Crippen LogP contribution in [-0.4, -0.2) is 54.7 Å². The Morgan fingerprint density at radius 1 is 1.19 bits per heavy atom. The summed E-state index contributed by atoms with van der Waals surface area (Å²) in [4.78, 5) is 12.8. The van der Waals surface area contributed by atoms with Crippen molar-refractivity contribution in [3.8, 4) is 0 Å². The van der Waals surface area contributed by atoms with Gasteiger partial charge in [-0.3, -0.25) is 9.48 Å². The number of anilines is 1. The van der Waals surface area contributed by atoms with Crippen molar-refractivity contribution in [2.24, 2.45) is 0 Å². The SMILES string of the molecule is CCn1nc(C)c(C(=O)Nc2ccc(S(=O)(=O)N3CCOCC3)cc2)c1C. The van der Waals surface area contributed by atoms with E-state index in [9.17, 15) is 13.2 Å². The molecule has 0 aliphatic carbocycles. The Morgan fingerprint density at radius 2 is 1.81 bits per heavy atom. The van der Waals surface area contributed by atoms with Crippen LogP contribution in [0.1, 0.15) is 28.7 Å². The maximum atomic E-state index is 12.6. The van der Waals surface area contributed by atoms with Crippen LogP contribution in [0.15, 0.2) is 29.2 Å². The predicted octanol–water partition coefficient (Wildman–Crippen LogP) is 1.79. The van der Waals surface area contributed by atoms with E-state index < -0.39 is 10.0 Å². The third-order valence-electron chi connectivity index (χ3n) is 4.63. The molecule has 1 saturated heterocycles. The molecule has 1 aliphatic heterocycles. The summed E-state index contributed by atoms with van der Waals surface area (Å²) in [7, 11) is -3.55. The summed E-state index contributed by atoms with van der Waals surface area (Å²) < 4.78 is 33.7. The number of aryl methyl sites for hydroxylation is 2. The lowest BCUT2D eigenvalue weighted by molar-refractivity contribution is 0.0730. The van der Waals surface area contributed by atoms with Gasteiger partial charge < -0.3 is 10.1 Å². The van der Waals surface area contributed by atoms with Crippen LogP contribution in [0.25, 0.3) is 0 Å². The van der Waals surface area contributed by atoms with Crippen LogP contribution in [0.2, 0.25) is 0 Å². The third kappa shape index (κ3) is 3.90.